The summed E-state index contributed by atoms with van der Waals surface area (Å²) < 4.78 is 9.33. The molecule has 5 aromatic rings. The number of aromatic nitrogens is 4. The number of aryl methyl sites for hydroxylation is 1. The summed E-state index contributed by atoms with van der Waals surface area (Å²) >= 11 is 6.32. The second-order valence-electron chi connectivity index (χ2n) is 18.9. The van der Waals surface area contributed by atoms with Gasteiger partial charge in [0.15, 0.2) is 0 Å². The number of rotatable bonds is 12. The van der Waals surface area contributed by atoms with Crippen LogP contribution in [-0.2, 0) is 35.2 Å². The number of halogens is 1. The number of imidazole rings is 1. The summed E-state index contributed by atoms with van der Waals surface area (Å²) in [6.45, 7) is 14.8. The summed E-state index contributed by atoms with van der Waals surface area (Å²) in [7, 11) is 1.75. The van der Waals surface area contributed by atoms with E-state index in [0.29, 0.717) is 29.7 Å². The number of nitrogens with zero attached hydrogens (tertiary/aromatic N) is 9. The van der Waals surface area contributed by atoms with Gasteiger partial charge in [0, 0.05) is 75.4 Å². The van der Waals surface area contributed by atoms with Crippen LogP contribution in [0.3, 0.4) is 0 Å². The quantitative estimate of drug-likeness (QED) is 0.147. The number of likely N-dealkylation sites (tertiary alicyclic amines) is 2. The molecule has 3 aromatic carbocycles. The van der Waals surface area contributed by atoms with Crippen molar-refractivity contribution in [2.45, 2.75) is 83.0 Å². The van der Waals surface area contributed by atoms with Gasteiger partial charge in [-0.1, -0.05) is 43.6 Å². The number of imide groups is 1. The Kier molecular flexibility index (Phi) is 13.1. The van der Waals surface area contributed by atoms with Gasteiger partial charge >= 0.3 is 5.69 Å². The molecular formula is C50H59ClN10O4. The number of piperidine rings is 3. The Hall–Kier alpha value is -5.59. The smallest absolute Gasteiger partial charge is 0.329 e. The van der Waals surface area contributed by atoms with E-state index < -0.39 is 11.9 Å². The molecule has 2 amide bonds. The lowest BCUT2D eigenvalue weighted by Crippen LogP contribution is -2.51. The first kappa shape index (κ1) is 44.6. The highest BCUT2D eigenvalue weighted by molar-refractivity contribution is 6.30. The lowest BCUT2D eigenvalue weighted by atomic mass is 9.78. The van der Waals surface area contributed by atoms with E-state index in [0.717, 1.165) is 116 Å². The van der Waals surface area contributed by atoms with Crippen LogP contribution in [0.1, 0.15) is 86.4 Å². The SMILES string of the molecule is Cn1c(=O)n(C2CCC(=O)NC2=O)c2ccc(CN3CCC(N4CCC(CN5CCN(c6nccc(COc7ccc(C(C)(C)c8cc(Cl)cc(C#N)c8)cc7)n6)CC5)CC4)CC3)cc21. The number of benzene rings is 3. The molecule has 0 spiro atoms. The molecule has 15 heteroatoms. The fraction of sp³-hybridized carbons (Fsp3) is 0.480. The first-order valence-electron chi connectivity index (χ1n) is 23.2. The first-order chi connectivity index (χ1) is 31.4. The van der Waals surface area contributed by atoms with Crippen LogP contribution in [0.25, 0.3) is 11.0 Å². The van der Waals surface area contributed by atoms with E-state index in [4.69, 9.17) is 21.3 Å². The molecule has 4 fully saturated rings. The predicted octanol–water partition coefficient (Wildman–Crippen LogP) is 6.04. The Morgan fingerprint density at radius 2 is 1.58 bits per heavy atom. The molecule has 1 N–H and O–H groups in total. The number of fused-ring (bicyclic) bond motifs is 1. The second-order valence-corrected chi connectivity index (χ2v) is 19.3. The Labute approximate surface area is 385 Å². The normalized spacial score (nSPS) is 20.0. The predicted molar refractivity (Wildman–Crippen MR) is 251 cm³/mol. The highest BCUT2D eigenvalue weighted by Gasteiger charge is 2.33. The molecule has 4 saturated heterocycles. The Bertz CT molecular complexity index is 2630. The first-order valence-corrected chi connectivity index (χ1v) is 23.5. The third kappa shape index (κ3) is 9.84. The minimum Gasteiger partial charge on any atom is -0.487 e. The molecular weight excluding hydrogens is 840 g/mol. The van der Waals surface area contributed by atoms with Crippen LogP contribution >= 0.6 is 11.6 Å². The number of amides is 2. The summed E-state index contributed by atoms with van der Waals surface area (Å²) in [5.74, 6) is 1.55. The number of piperazine rings is 1. The lowest BCUT2D eigenvalue weighted by molar-refractivity contribution is -0.135. The van der Waals surface area contributed by atoms with Crippen LogP contribution in [0.5, 0.6) is 5.75 Å². The van der Waals surface area contributed by atoms with Crippen molar-refractivity contribution in [3.8, 4) is 11.8 Å². The third-order valence-corrected chi connectivity index (χ3v) is 14.6. The largest absolute Gasteiger partial charge is 0.487 e. The summed E-state index contributed by atoms with van der Waals surface area (Å²) in [5, 5.41) is 12.4. The van der Waals surface area contributed by atoms with Crippen molar-refractivity contribution in [3.63, 3.8) is 0 Å². The molecule has 9 rings (SSSR count). The maximum absolute atomic E-state index is 13.2. The number of anilines is 1. The Morgan fingerprint density at radius 1 is 0.831 bits per heavy atom. The van der Waals surface area contributed by atoms with Gasteiger partial charge in [0.25, 0.3) is 0 Å². The molecule has 2 aromatic heterocycles. The van der Waals surface area contributed by atoms with Crippen LogP contribution in [0.2, 0.25) is 5.02 Å². The van der Waals surface area contributed by atoms with E-state index in [1.165, 1.54) is 25.9 Å². The fourth-order valence-electron chi connectivity index (χ4n) is 10.4. The minimum absolute atomic E-state index is 0.232. The number of ether oxygens (including phenoxy) is 1. The van der Waals surface area contributed by atoms with Crippen LogP contribution < -0.4 is 20.6 Å². The van der Waals surface area contributed by atoms with E-state index in [1.807, 2.05) is 42.6 Å². The molecule has 4 aliphatic heterocycles. The van der Waals surface area contributed by atoms with Gasteiger partial charge in [0.05, 0.1) is 28.4 Å². The van der Waals surface area contributed by atoms with Crippen molar-refractivity contribution in [3.05, 3.63) is 116 Å². The number of hydrogen-bond donors (Lipinski definition) is 1. The van der Waals surface area contributed by atoms with Crippen molar-refractivity contribution in [1.82, 2.24) is 39.1 Å². The number of carbonyl (C=O) groups excluding carboxylic acids is 2. The molecule has 0 aliphatic carbocycles. The summed E-state index contributed by atoms with van der Waals surface area (Å²) in [5.41, 5.74) is 5.61. The zero-order valence-corrected chi connectivity index (χ0v) is 38.5. The lowest BCUT2D eigenvalue weighted by Gasteiger charge is -2.43. The van der Waals surface area contributed by atoms with Gasteiger partial charge in [0.2, 0.25) is 17.8 Å². The van der Waals surface area contributed by atoms with E-state index in [1.54, 1.807) is 22.2 Å². The van der Waals surface area contributed by atoms with Crippen LogP contribution in [0, 0.1) is 17.2 Å². The number of carbonyl (C=O) groups is 2. The number of hydrogen-bond acceptors (Lipinski definition) is 11. The number of nitriles is 1. The van der Waals surface area contributed by atoms with Gasteiger partial charge in [-0.15, -0.1) is 0 Å². The maximum atomic E-state index is 13.2. The molecule has 0 saturated carbocycles. The van der Waals surface area contributed by atoms with Crippen molar-refractivity contribution in [1.29, 1.82) is 5.26 Å². The minimum atomic E-state index is -0.672. The van der Waals surface area contributed by atoms with Crippen LogP contribution in [-0.4, -0.2) is 111 Å². The fourth-order valence-corrected chi connectivity index (χ4v) is 10.6. The van der Waals surface area contributed by atoms with E-state index in [9.17, 15) is 19.6 Å². The average Bonchev–Trinajstić information content (AvgIpc) is 3.56. The van der Waals surface area contributed by atoms with Gasteiger partial charge in [-0.3, -0.25) is 33.8 Å². The zero-order valence-electron chi connectivity index (χ0n) is 37.7. The third-order valence-electron chi connectivity index (χ3n) is 14.4. The van der Waals surface area contributed by atoms with Crippen molar-refractivity contribution >= 4 is 40.4 Å². The van der Waals surface area contributed by atoms with Crippen molar-refractivity contribution in [2.24, 2.45) is 13.0 Å². The van der Waals surface area contributed by atoms with Gasteiger partial charge in [-0.25, -0.2) is 14.8 Å². The summed E-state index contributed by atoms with van der Waals surface area (Å²) in [4.78, 5) is 57.2. The second kappa shape index (κ2) is 19.1. The summed E-state index contributed by atoms with van der Waals surface area (Å²) in [6.07, 6.45) is 7.21. The van der Waals surface area contributed by atoms with E-state index >= 15 is 0 Å². The standard InChI is InChI=1S/C50H59ClN10O4/c1-50(2,38-26-36(30-52)27-39(51)29-38)37-5-7-42(8-6-37)65-33-40-12-17-53-48(54-40)60-24-22-58(23-25-60)31-34-13-20-59(21-14-34)41-15-18-57(19-16-41)32-35-4-9-43-45(28-35)56(3)49(64)61(43)44-10-11-46(62)55-47(44)63/h4-9,12,17,26-29,34,41,44H,10-11,13-16,18-25,31-33H2,1-3H3,(H,55,62,63). The molecule has 14 nitrogen and oxygen atoms in total. The molecule has 1 atom stereocenters. The van der Waals surface area contributed by atoms with E-state index in [2.05, 4.69) is 74.1 Å². The van der Waals surface area contributed by atoms with Gasteiger partial charge < -0.3 is 14.5 Å². The van der Waals surface area contributed by atoms with Gasteiger partial charge in [-0.05, 0) is 129 Å². The van der Waals surface area contributed by atoms with Crippen molar-refractivity contribution < 1.29 is 14.3 Å². The topological polar surface area (TPSA) is 145 Å². The highest BCUT2D eigenvalue weighted by atomic mass is 35.5. The zero-order chi connectivity index (χ0) is 45.2. The average molecular weight is 900 g/mol. The highest BCUT2D eigenvalue weighted by Crippen LogP contribution is 2.35. The van der Waals surface area contributed by atoms with Crippen molar-refractivity contribution in [2.75, 3.05) is 63.8 Å². The van der Waals surface area contributed by atoms with Crippen LogP contribution in [0.4, 0.5) is 5.95 Å². The van der Waals surface area contributed by atoms with Gasteiger partial charge in [0.1, 0.15) is 18.4 Å². The monoisotopic (exact) mass is 898 g/mol. The van der Waals surface area contributed by atoms with Crippen LogP contribution in [0.15, 0.2) is 77.7 Å². The molecule has 6 heterocycles. The molecule has 1 unspecified atom stereocenters. The molecule has 0 bridgehead atoms. The van der Waals surface area contributed by atoms with E-state index in [-0.39, 0.29) is 23.4 Å². The molecule has 65 heavy (non-hydrogen) atoms. The molecule has 340 valence electrons. The Morgan fingerprint density at radius 3 is 2.31 bits per heavy atom. The maximum Gasteiger partial charge on any atom is 0.329 e. The summed E-state index contributed by atoms with van der Waals surface area (Å²) in [6, 6.07) is 23.8. The Balaban J connectivity index is 0.692. The number of nitrogens with one attached hydrogen (secondary N) is 1. The molecule has 4 aliphatic rings. The molecule has 0 radical (unpaired) electrons. The van der Waals surface area contributed by atoms with Gasteiger partial charge in [-0.2, -0.15) is 5.26 Å².